The minimum atomic E-state index is 0.145. The van der Waals surface area contributed by atoms with Crippen molar-refractivity contribution in [1.82, 2.24) is 9.88 Å². The van der Waals surface area contributed by atoms with Gasteiger partial charge in [-0.05, 0) is 48.1 Å². The highest BCUT2D eigenvalue weighted by Gasteiger charge is 2.24. The van der Waals surface area contributed by atoms with Crippen LogP contribution in [0, 0.1) is 0 Å². The highest BCUT2D eigenvalue weighted by molar-refractivity contribution is 7.16. The molecule has 0 aliphatic carbocycles. The SMILES string of the molecule is O=C(c1ccc2c(c1)CCCN2)N1CCN(c2nc(-c3cccs3)cs2)CC1. The molecule has 5 nitrogen and oxygen atoms in total. The molecular weight excluding hydrogens is 388 g/mol. The molecule has 5 rings (SSSR count). The van der Waals surface area contributed by atoms with Crippen LogP contribution >= 0.6 is 22.7 Å². The van der Waals surface area contributed by atoms with Crippen molar-refractivity contribution < 1.29 is 4.79 Å². The summed E-state index contributed by atoms with van der Waals surface area (Å²) in [5.74, 6) is 0.145. The number of benzene rings is 1. The number of thiophene rings is 1. The van der Waals surface area contributed by atoms with E-state index in [-0.39, 0.29) is 5.91 Å². The number of nitrogens with one attached hydrogen (secondary N) is 1. The monoisotopic (exact) mass is 410 g/mol. The lowest BCUT2D eigenvalue weighted by molar-refractivity contribution is 0.0746. The third-order valence-electron chi connectivity index (χ3n) is 5.39. The van der Waals surface area contributed by atoms with Crippen molar-refractivity contribution in [3.63, 3.8) is 0 Å². The number of rotatable bonds is 3. The standard InChI is InChI=1S/C21H22N4OS2/c26-20(16-5-6-17-15(13-16)3-1-7-22-17)24-8-10-25(11-9-24)21-23-18(14-28-21)19-4-2-12-27-19/h2,4-6,12-14,22H,1,3,7-11H2. The first kappa shape index (κ1) is 17.7. The topological polar surface area (TPSA) is 48.5 Å². The molecule has 7 heteroatoms. The molecule has 1 fully saturated rings. The van der Waals surface area contributed by atoms with Crippen LogP contribution in [0.2, 0.25) is 0 Å². The number of hydrogen-bond acceptors (Lipinski definition) is 6. The maximum absolute atomic E-state index is 13.0. The lowest BCUT2D eigenvalue weighted by Crippen LogP contribution is -2.48. The number of carbonyl (C=O) groups excluding carboxylic acids is 1. The zero-order chi connectivity index (χ0) is 18.9. The highest BCUT2D eigenvalue weighted by Crippen LogP contribution is 2.31. The molecular formula is C21H22N4OS2. The Morgan fingerprint density at radius 2 is 2.00 bits per heavy atom. The highest BCUT2D eigenvalue weighted by atomic mass is 32.1. The van der Waals surface area contributed by atoms with E-state index in [1.165, 1.54) is 16.1 Å². The van der Waals surface area contributed by atoms with Gasteiger partial charge in [0.25, 0.3) is 5.91 Å². The Morgan fingerprint density at radius 1 is 1.11 bits per heavy atom. The second kappa shape index (κ2) is 7.56. The van der Waals surface area contributed by atoms with Gasteiger partial charge in [-0.1, -0.05) is 6.07 Å². The van der Waals surface area contributed by atoms with Crippen LogP contribution in [0.4, 0.5) is 10.8 Å². The van der Waals surface area contributed by atoms with Gasteiger partial charge in [-0.25, -0.2) is 4.98 Å². The molecule has 4 heterocycles. The molecule has 1 amide bonds. The predicted octanol–water partition coefficient (Wildman–Crippen LogP) is 4.19. The normalized spacial score (nSPS) is 16.6. The number of carbonyl (C=O) groups is 1. The summed E-state index contributed by atoms with van der Waals surface area (Å²) in [7, 11) is 0. The number of thiazole rings is 1. The van der Waals surface area contributed by atoms with Crippen LogP contribution in [0.25, 0.3) is 10.6 Å². The molecule has 1 N–H and O–H groups in total. The molecule has 28 heavy (non-hydrogen) atoms. The van der Waals surface area contributed by atoms with Crippen molar-refractivity contribution in [1.29, 1.82) is 0 Å². The summed E-state index contributed by atoms with van der Waals surface area (Å²) in [4.78, 5) is 23.2. The Hall–Kier alpha value is -2.38. The van der Waals surface area contributed by atoms with Crippen LogP contribution in [-0.4, -0.2) is 48.5 Å². The summed E-state index contributed by atoms with van der Waals surface area (Å²) in [6.45, 7) is 4.16. The fourth-order valence-electron chi connectivity index (χ4n) is 3.84. The fraction of sp³-hybridized carbons (Fsp3) is 0.333. The molecule has 2 aliphatic heterocycles. The van der Waals surface area contributed by atoms with Gasteiger partial charge in [0.1, 0.15) is 0 Å². The van der Waals surface area contributed by atoms with Crippen molar-refractivity contribution in [2.45, 2.75) is 12.8 Å². The van der Waals surface area contributed by atoms with Gasteiger partial charge in [0.05, 0.1) is 10.6 Å². The zero-order valence-electron chi connectivity index (χ0n) is 15.6. The number of fused-ring (bicyclic) bond motifs is 1. The van der Waals surface area contributed by atoms with E-state index >= 15 is 0 Å². The summed E-state index contributed by atoms with van der Waals surface area (Å²) in [5.41, 5.74) is 4.30. The van der Waals surface area contributed by atoms with E-state index in [2.05, 4.69) is 45.2 Å². The minimum absolute atomic E-state index is 0.145. The maximum atomic E-state index is 13.0. The van der Waals surface area contributed by atoms with E-state index in [9.17, 15) is 4.79 Å². The smallest absolute Gasteiger partial charge is 0.253 e. The van der Waals surface area contributed by atoms with Crippen LogP contribution in [0.5, 0.6) is 0 Å². The lowest BCUT2D eigenvalue weighted by atomic mass is 10.00. The molecule has 0 bridgehead atoms. The first-order chi connectivity index (χ1) is 13.8. The fourth-order valence-corrected chi connectivity index (χ4v) is 5.48. The van der Waals surface area contributed by atoms with E-state index in [1.807, 2.05) is 11.0 Å². The average Bonchev–Trinajstić information content (AvgIpc) is 3.45. The van der Waals surface area contributed by atoms with Crippen LogP contribution in [0.15, 0.2) is 41.1 Å². The van der Waals surface area contributed by atoms with Gasteiger partial charge >= 0.3 is 0 Å². The Morgan fingerprint density at radius 3 is 2.82 bits per heavy atom. The molecule has 3 aromatic rings. The molecule has 0 atom stereocenters. The summed E-state index contributed by atoms with van der Waals surface area (Å²) < 4.78 is 0. The van der Waals surface area contributed by atoms with E-state index in [4.69, 9.17) is 4.98 Å². The van der Waals surface area contributed by atoms with Crippen molar-refractivity contribution in [3.05, 3.63) is 52.2 Å². The van der Waals surface area contributed by atoms with E-state index in [0.29, 0.717) is 0 Å². The Labute approximate surface area is 172 Å². The molecule has 1 saturated heterocycles. The molecule has 2 aliphatic rings. The third-order valence-corrected chi connectivity index (χ3v) is 7.19. The molecule has 2 aromatic heterocycles. The first-order valence-electron chi connectivity index (χ1n) is 9.68. The zero-order valence-corrected chi connectivity index (χ0v) is 17.2. The Kier molecular flexibility index (Phi) is 4.78. The second-order valence-corrected chi connectivity index (χ2v) is 8.96. The molecule has 1 aromatic carbocycles. The number of aryl methyl sites for hydroxylation is 1. The Balaban J connectivity index is 1.24. The molecule has 0 radical (unpaired) electrons. The Bertz CT molecular complexity index is 974. The second-order valence-electron chi connectivity index (χ2n) is 7.17. The lowest BCUT2D eigenvalue weighted by Gasteiger charge is -2.34. The molecule has 0 saturated carbocycles. The summed E-state index contributed by atoms with van der Waals surface area (Å²) in [5, 5.41) is 8.66. The van der Waals surface area contributed by atoms with Crippen LogP contribution in [0.1, 0.15) is 22.3 Å². The quantitative estimate of drug-likeness (QED) is 0.703. The van der Waals surface area contributed by atoms with Gasteiger partial charge in [-0.3, -0.25) is 4.79 Å². The van der Waals surface area contributed by atoms with Gasteiger partial charge < -0.3 is 15.1 Å². The summed E-state index contributed by atoms with van der Waals surface area (Å²) in [6.07, 6.45) is 2.18. The van der Waals surface area contributed by atoms with E-state index in [0.717, 1.165) is 62.0 Å². The van der Waals surface area contributed by atoms with E-state index < -0.39 is 0 Å². The van der Waals surface area contributed by atoms with Crippen molar-refractivity contribution in [2.75, 3.05) is 42.9 Å². The maximum Gasteiger partial charge on any atom is 0.253 e. The number of amides is 1. The van der Waals surface area contributed by atoms with E-state index in [1.54, 1.807) is 22.7 Å². The number of piperazine rings is 1. The van der Waals surface area contributed by atoms with Gasteiger partial charge in [0, 0.05) is 49.4 Å². The summed E-state index contributed by atoms with van der Waals surface area (Å²) >= 11 is 3.40. The molecule has 0 spiro atoms. The van der Waals surface area contributed by atoms with Crippen molar-refractivity contribution >= 4 is 39.4 Å². The predicted molar refractivity (Wildman–Crippen MR) is 117 cm³/mol. The van der Waals surface area contributed by atoms with Crippen molar-refractivity contribution in [2.24, 2.45) is 0 Å². The van der Waals surface area contributed by atoms with Crippen LogP contribution < -0.4 is 10.2 Å². The molecule has 0 unspecified atom stereocenters. The van der Waals surface area contributed by atoms with Gasteiger partial charge in [-0.2, -0.15) is 0 Å². The average molecular weight is 411 g/mol. The van der Waals surface area contributed by atoms with Crippen LogP contribution in [-0.2, 0) is 6.42 Å². The number of nitrogens with zero attached hydrogens (tertiary/aromatic N) is 3. The van der Waals surface area contributed by atoms with Crippen LogP contribution in [0.3, 0.4) is 0 Å². The molecule has 144 valence electrons. The third kappa shape index (κ3) is 3.40. The number of hydrogen-bond donors (Lipinski definition) is 1. The summed E-state index contributed by atoms with van der Waals surface area (Å²) in [6, 6.07) is 10.2. The number of anilines is 2. The van der Waals surface area contributed by atoms with Gasteiger partial charge in [0.15, 0.2) is 5.13 Å². The van der Waals surface area contributed by atoms with Gasteiger partial charge in [-0.15, -0.1) is 22.7 Å². The minimum Gasteiger partial charge on any atom is -0.385 e. The number of aromatic nitrogens is 1. The van der Waals surface area contributed by atoms with Gasteiger partial charge in [0.2, 0.25) is 0 Å². The largest absolute Gasteiger partial charge is 0.385 e. The van der Waals surface area contributed by atoms with Crippen molar-refractivity contribution in [3.8, 4) is 10.6 Å². The first-order valence-corrected chi connectivity index (χ1v) is 11.4.